The van der Waals surface area contributed by atoms with Crippen LogP contribution in [0.4, 0.5) is 10.5 Å². The molecule has 4 N–H and O–H groups in total. The first kappa shape index (κ1) is 27.3. The van der Waals surface area contributed by atoms with Gasteiger partial charge in [-0.05, 0) is 52.4 Å². The maximum absolute atomic E-state index is 13.2. The van der Waals surface area contributed by atoms with Crippen molar-refractivity contribution in [2.45, 2.75) is 51.0 Å². The van der Waals surface area contributed by atoms with Crippen molar-refractivity contribution in [3.8, 4) is 0 Å². The van der Waals surface area contributed by atoms with Crippen molar-refractivity contribution in [3.05, 3.63) is 29.3 Å². The van der Waals surface area contributed by atoms with Crippen LogP contribution in [0.25, 0.3) is 6.08 Å². The zero-order chi connectivity index (χ0) is 25.5. The standard InChI is InChI=1S/C22H33N5O6S/c1-6-10-27(32-11-9-25-21(29)33-22(2,3)4)20(28)16-12-15-7-8-17(34(30,31)24-5)14-18(15)26-19(23)13-16/h7-8,12,14,24H,6,9-11,13H2,1-5H3,(H2,23,26)(H,25,29). The van der Waals surface area contributed by atoms with Crippen LogP contribution in [0.3, 0.4) is 0 Å². The number of hydroxylamine groups is 2. The van der Waals surface area contributed by atoms with Crippen LogP contribution in [0, 0.1) is 0 Å². The Morgan fingerprint density at radius 2 is 1.97 bits per heavy atom. The Morgan fingerprint density at radius 3 is 2.59 bits per heavy atom. The summed E-state index contributed by atoms with van der Waals surface area (Å²) in [5.41, 5.74) is 6.66. The predicted molar refractivity (Wildman–Crippen MR) is 129 cm³/mol. The Balaban J connectivity index is 2.15. The maximum Gasteiger partial charge on any atom is 0.407 e. The zero-order valence-corrected chi connectivity index (χ0v) is 21.0. The molecule has 1 aliphatic heterocycles. The second-order valence-electron chi connectivity index (χ2n) is 8.55. The highest BCUT2D eigenvalue weighted by Gasteiger charge is 2.23. The summed E-state index contributed by atoms with van der Waals surface area (Å²) in [6.07, 6.45) is 1.77. The van der Waals surface area contributed by atoms with Gasteiger partial charge >= 0.3 is 6.09 Å². The van der Waals surface area contributed by atoms with E-state index >= 15 is 0 Å². The Morgan fingerprint density at radius 1 is 1.26 bits per heavy atom. The summed E-state index contributed by atoms with van der Waals surface area (Å²) in [5, 5.41) is 3.80. The number of carbonyl (C=O) groups excluding carboxylic acids is 2. The SMILES string of the molecule is CCCN(OCCNC(=O)OC(C)(C)C)C(=O)C1=Cc2ccc(S(=O)(=O)NC)cc2N=C(N)C1. The number of nitrogens with zero attached hydrogens (tertiary/aromatic N) is 2. The van der Waals surface area contributed by atoms with Gasteiger partial charge in [0.15, 0.2) is 0 Å². The third kappa shape index (κ3) is 7.82. The van der Waals surface area contributed by atoms with Gasteiger partial charge in [0.1, 0.15) is 11.4 Å². The molecule has 1 heterocycles. The van der Waals surface area contributed by atoms with Crippen LogP contribution in [0.5, 0.6) is 0 Å². The summed E-state index contributed by atoms with van der Waals surface area (Å²) >= 11 is 0. The molecule has 0 atom stereocenters. The average Bonchev–Trinajstić information content (AvgIpc) is 2.91. The van der Waals surface area contributed by atoms with Gasteiger partial charge in [-0.3, -0.25) is 9.63 Å². The monoisotopic (exact) mass is 495 g/mol. The molecule has 2 amide bonds. The third-order valence-corrected chi connectivity index (χ3v) is 5.90. The molecule has 12 heteroatoms. The van der Waals surface area contributed by atoms with E-state index in [9.17, 15) is 18.0 Å². The molecule has 188 valence electrons. The van der Waals surface area contributed by atoms with E-state index < -0.39 is 27.6 Å². The Kier molecular flexibility index (Phi) is 9.19. The number of benzene rings is 1. The van der Waals surface area contributed by atoms with Crippen molar-refractivity contribution in [2.24, 2.45) is 10.7 Å². The van der Waals surface area contributed by atoms with Crippen LogP contribution in [0.15, 0.2) is 33.7 Å². The van der Waals surface area contributed by atoms with Crippen molar-refractivity contribution < 1.29 is 27.6 Å². The lowest BCUT2D eigenvalue weighted by molar-refractivity contribution is -0.181. The number of ether oxygens (including phenoxy) is 1. The summed E-state index contributed by atoms with van der Waals surface area (Å²) in [5.74, 6) is -0.225. The molecule has 1 aliphatic rings. The van der Waals surface area contributed by atoms with E-state index in [0.29, 0.717) is 29.8 Å². The molecule has 1 aromatic rings. The van der Waals surface area contributed by atoms with Gasteiger partial charge in [-0.25, -0.2) is 28.0 Å². The van der Waals surface area contributed by atoms with Gasteiger partial charge in [0.2, 0.25) is 10.0 Å². The largest absolute Gasteiger partial charge is 0.444 e. The smallest absolute Gasteiger partial charge is 0.407 e. The van der Waals surface area contributed by atoms with Crippen LogP contribution in [-0.4, -0.2) is 63.7 Å². The fourth-order valence-electron chi connectivity index (χ4n) is 3.00. The fraction of sp³-hybridized carbons (Fsp3) is 0.500. The molecule has 0 saturated heterocycles. The molecule has 34 heavy (non-hydrogen) atoms. The summed E-state index contributed by atoms with van der Waals surface area (Å²) < 4.78 is 31.6. The van der Waals surface area contributed by atoms with Gasteiger partial charge in [-0.15, -0.1) is 0 Å². The van der Waals surface area contributed by atoms with Gasteiger partial charge < -0.3 is 15.8 Å². The predicted octanol–water partition coefficient (Wildman–Crippen LogP) is 2.07. The summed E-state index contributed by atoms with van der Waals surface area (Å²) in [6.45, 7) is 7.72. The number of amides is 2. The van der Waals surface area contributed by atoms with Crippen LogP contribution >= 0.6 is 0 Å². The molecule has 11 nitrogen and oxygen atoms in total. The highest BCUT2D eigenvalue weighted by Crippen LogP contribution is 2.29. The molecule has 0 unspecified atom stereocenters. The lowest BCUT2D eigenvalue weighted by Gasteiger charge is -2.23. The van der Waals surface area contributed by atoms with Crippen molar-refractivity contribution in [1.82, 2.24) is 15.1 Å². The van der Waals surface area contributed by atoms with Gasteiger partial charge in [0, 0.05) is 30.6 Å². The van der Waals surface area contributed by atoms with E-state index in [4.69, 9.17) is 15.3 Å². The van der Waals surface area contributed by atoms with E-state index in [1.54, 1.807) is 32.9 Å². The molecular formula is C22H33N5O6S. The van der Waals surface area contributed by atoms with Crippen molar-refractivity contribution in [1.29, 1.82) is 0 Å². The molecule has 0 saturated carbocycles. The average molecular weight is 496 g/mol. The molecule has 0 radical (unpaired) electrons. The number of hydrogen-bond donors (Lipinski definition) is 3. The first-order chi connectivity index (χ1) is 15.9. The second-order valence-corrected chi connectivity index (χ2v) is 10.4. The molecule has 0 bridgehead atoms. The number of nitrogens with two attached hydrogens (primary N) is 1. The van der Waals surface area contributed by atoms with Gasteiger partial charge in [-0.1, -0.05) is 13.0 Å². The van der Waals surface area contributed by atoms with Crippen LogP contribution in [0.1, 0.15) is 46.1 Å². The molecule has 2 rings (SSSR count). The third-order valence-electron chi connectivity index (χ3n) is 4.49. The summed E-state index contributed by atoms with van der Waals surface area (Å²) in [4.78, 5) is 34.9. The quantitative estimate of drug-likeness (QED) is 0.350. The van der Waals surface area contributed by atoms with E-state index in [0.717, 1.165) is 0 Å². The van der Waals surface area contributed by atoms with Crippen LogP contribution in [-0.2, 0) is 24.4 Å². The highest BCUT2D eigenvalue weighted by atomic mass is 32.2. The molecule has 0 spiro atoms. The topological polar surface area (TPSA) is 152 Å². The second kappa shape index (κ2) is 11.4. The summed E-state index contributed by atoms with van der Waals surface area (Å²) in [7, 11) is -2.34. The lowest BCUT2D eigenvalue weighted by atomic mass is 10.1. The first-order valence-corrected chi connectivity index (χ1v) is 12.4. The van der Waals surface area contributed by atoms with Gasteiger partial charge in [0.05, 0.1) is 17.2 Å². The normalized spacial score (nSPS) is 13.8. The molecular weight excluding hydrogens is 462 g/mol. The van der Waals surface area contributed by atoms with Gasteiger partial charge in [-0.2, -0.15) is 0 Å². The van der Waals surface area contributed by atoms with Crippen molar-refractivity contribution >= 4 is 39.6 Å². The number of nitrogens with one attached hydrogen (secondary N) is 2. The van der Waals surface area contributed by atoms with E-state index in [-0.39, 0.29) is 30.3 Å². The van der Waals surface area contributed by atoms with Gasteiger partial charge in [0.25, 0.3) is 5.91 Å². The fourth-order valence-corrected chi connectivity index (χ4v) is 3.75. The molecule has 0 aliphatic carbocycles. The Labute approximate surface area is 200 Å². The number of fused-ring (bicyclic) bond motifs is 1. The van der Waals surface area contributed by atoms with Crippen LogP contribution in [0.2, 0.25) is 0 Å². The number of rotatable bonds is 9. The zero-order valence-electron chi connectivity index (χ0n) is 20.2. The summed E-state index contributed by atoms with van der Waals surface area (Å²) in [6, 6.07) is 4.41. The number of carbonyl (C=O) groups is 2. The highest BCUT2D eigenvalue weighted by molar-refractivity contribution is 7.89. The molecule has 0 aromatic heterocycles. The number of alkyl carbamates (subject to hydrolysis) is 1. The minimum absolute atomic E-state index is 0.0434. The molecule has 0 fully saturated rings. The van der Waals surface area contributed by atoms with Crippen molar-refractivity contribution in [3.63, 3.8) is 0 Å². The Bertz CT molecular complexity index is 1080. The van der Waals surface area contributed by atoms with Crippen molar-refractivity contribution in [2.75, 3.05) is 26.7 Å². The van der Waals surface area contributed by atoms with E-state index in [1.807, 2.05) is 6.92 Å². The lowest BCUT2D eigenvalue weighted by Crippen LogP contribution is -2.38. The number of sulfonamides is 1. The maximum atomic E-state index is 13.2. The van der Waals surface area contributed by atoms with E-state index in [1.165, 1.54) is 24.2 Å². The minimum Gasteiger partial charge on any atom is -0.444 e. The van der Waals surface area contributed by atoms with E-state index in [2.05, 4.69) is 15.0 Å². The number of amidine groups is 1. The first-order valence-electron chi connectivity index (χ1n) is 10.9. The Hall–Kier alpha value is -2.96. The molecule has 1 aromatic carbocycles. The minimum atomic E-state index is -3.66. The number of aliphatic imine (C=N–C) groups is 1. The van der Waals surface area contributed by atoms with Crippen LogP contribution < -0.4 is 15.8 Å². The number of hydrogen-bond acceptors (Lipinski definition) is 8.